The highest BCUT2D eigenvalue weighted by molar-refractivity contribution is 7.85. The van der Waals surface area contributed by atoms with Crippen molar-refractivity contribution in [2.45, 2.75) is 89.7 Å². The van der Waals surface area contributed by atoms with Gasteiger partial charge in [-0.05, 0) is 75.6 Å². The van der Waals surface area contributed by atoms with E-state index in [-0.39, 0.29) is 18.9 Å². The second-order valence-electron chi connectivity index (χ2n) is 12.2. The number of urea groups is 1. The monoisotopic (exact) mass is 618 g/mol. The molecule has 0 radical (unpaired) electrons. The van der Waals surface area contributed by atoms with E-state index in [1.54, 1.807) is 40.1 Å². The van der Waals surface area contributed by atoms with E-state index in [1.807, 2.05) is 29.8 Å². The number of aromatic nitrogens is 1. The zero-order valence-corrected chi connectivity index (χ0v) is 25.8. The highest BCUT2D eigenvalue weighted by atomic mass is 32.2. The number of hydrogen-bond donors (Lipinski definition) is 1. The fourth-order valence-electron chi connectivity index (χ4n) is 5.23. The maximum Gasteiger partial charge on any atom is 0.411 e. The third kappa shape index (κ3) is 7.29. The molecule has 5 rings (SSSR count). The Balaban J connectivity index is 1.41. The second-order valence-corrected chi connectivity index (χ2v) is 13.5. The zero-order chi connectivity index (χ0) is 31.1. The van der Waals surface area contributed by atoms with Crippen LogP contribution in [-0.2, 0) is 24.0 Å². The molecular formula is C29H38N4O9S. The maximum atomic E-state index is 14.1. The van der Waals surface area contributed by atoms with E-state index in [1.165, 1.54) is 4.90 Å². The quantitative estimate of drug-likeness (QED) is 0.439. The van der Waals surface area contributed by atoms with Crippen molar-refractivity contribution in [2.24, 2.45) is 5.92 Å². The third-order valence-corrected chi connectivity index (χ3v) is 8.54. The van der Waals surface area contributed by atoms with E-state index >= 15 is 0 Å². The summed E-state index contributed by atoms with van der Waals surface area (Å²) in [4.78, 5) is 47.3. The van der Waals surface area contributed by atoms with E-state index in [9.17, 15) is 22.8 Å². The minimum Gasteiger partial charge on any atom is -0.497 e. The van der Waals surface area contributed by atoms with Crippen LogP contribution in [0.4, 0.5) is 9.59 Å². The topological polar surface area (TPSA) is 154 Å². The first-order valence-electron chi connectivity index (χ1n) is 14.5. The molecule has 0 spiro atoms. The minimum atomic E-state index is -4.42. The Morgan fingerprint density at radius 3 is 2.49 bits per heavy atom. The number of methoxy groups -OCH3 is 1. The number of amides is 4. The van der Waals surface area contributed by atoms with Crippen LogP contribution >= 0.6 is 0 Å². The largest absolute Gasteiger partial charge is 0.497 e. The van der Waals surface area contributed by atoms with Gasteiger partial charge in [0.2, 0.25) is 5.88 Å². The lowest BCUT2D eigenvalue weighted by Crippen LogP contribution is -2.55. The van der Waals surface area contributed by atoms with E-state index in [4.69, 9.17) is 18.4 Å². The first-order valence-corrected chi connectivity index (χ1v) is 15.9. The zero-order valence-electron chi connectivity index (χ0n) is 24.9. The number of carbonyl (C=O) groups excluding carboxylic acids is 3. The fraction of sp³-hybridized carbons (Fsp3) is 0.586. The average molecular weight is 619 g/mol. The summed E-state index contributed by atoms with van der Waals surface area (Å²) in [5.41, 5.74) is -0.852. The summed E-state index contributed by atoms with van der Waals surface area (Å²) < 4.78 is 48.9. The van der Waals surface area contributed by atoms with Gasteiger partial charge >= 0.3 is 22.4 Å². The summed E-state index contributed by atoms with van der Waals surface area (Å²) in [5, 5.41) is 1.54. The van der Waals surface area contributed by atoms with Crippen LogP contribution in [0.15, 0.2) is 30.5 Å². The van der Waals surface area contributed by atoms with Crippen LogP contribution in [0.5, 0.6) is 11.6 Å². The molecule has 0 bridgehead atoms. The number of fused-ring (bicyclic) bond motifs is 1. The van der Waals surface area contributed by atoms with E-state index in [0.717, 1.165) is 10.3 Å². The Morgan fingerprint density at radius 2 is 1.86 bits per heavy atom. The fourth-order valence-corrected chi connectivity index (χ4v) is 6.14. The number of hydrogen-bond acceptors (Lipinski definition) is 10. The smallest absolute Gasteiger partial charge is 0.411 e. The number of carbonyl (C=O) groups is 3. The van der Waals surface area contributed by atoms with Gasteiger partial charge in [-0.15, -0.1) is 0 Å². The molecule has 2 aliphatic carbocycles. The van der Waals surface area contributed by atoms with Crippen molar-refractivity contribution in [3.63, 3.8) is 0 Å². The first kappa shape index (κ1) is 30.8. The summed E-state index contributed by atoms with van der Waals surface area (Å²) in [6, 6.07) is 4.49. The van der Waals surface area contributed by atoms with Gasteiger partial charge in [0, 0.05) is 24.0 Å². The minimum absolute atomic E-state index is 0.0139. The molecule has 2 aromatic rings. The van der Waals surface area contributed by atoms with Crippen molar-refractivity contribution in [1.29, 1.82) is 0 Å². The molecule has 234 valence electrons. The second kappa shape index (κ2) is 11.8. The molecule has 14 heteroatoms. The number of ether oxygens (including phenoxy) is 3. The number of benzene rings is 1. The number of imide groups is 1. The molecule has 3 fully saturated rings. The lowest BCUT2D eigenvalue weighted by atomic mass is 10.1. The van der Waals surface area contributed by atoms with Crippen LogP contribution in [0.3, 0.4) is 0 Å². The molecule has 1 saturated heterocycles. The van der Waals surface area contributed by atoms with Crippen LogP contribution in [0.2, 0.25) is 0 Å². The number of nitrogens with one attached hydrogen (secondary N) is 1. The Labute approximate surface area is 251 Å². The molecule has 13 nitrogen and oxygen atoms in total. The molecular weight excluding hydrogens is 580 g/mol. The van der Waals surface area contributed by atoms with Crippen molar-refractivity contribution in [3.8, 4) is 11.6 Å². The average Bonchev–Trinajstić information content (AvgIpc) is 3.85. The van der Waals surface area contributed by atoms with Crippen LogP contribution in [0.25, 0.3) is 10.8 Å². The normalized spacial score (nSPS) is 23.5. The predicted octanol–water partition coefficient (Wildman–Crippen LogP) is 3.76. The van der Waals surface area contributed by atoms with Crippen LogP contribution in [0, 0.1) is 5.92 Å². The lowest BCUT2D eigenvalue weighted by molar-refractivity contribution is -0.133. The predicted molar refractivity (Wildman–Crippen MR) is 155 cm³/mol. The third-order valence-electron chi connectivity index (χ3n) is 7.59. The van der Waals surface area contributed by atoms with Gasteiger partial charge < -0.3 is 14.2 Å². The SMILES string of the molecule is CCC1CC1N(C(=O)NS(=O)(=O)OC1CC1)C(=O)C1CC(Oc2nccc3cc(OC)ccc23)CN1C(=O)OC(C)(C)C. The van der Waals surface area contributed by atoms with Gasteiger partial charge in [-0.2, -0.15) is 8.42 Å². The van der Waals surface area contributed by atoms with Crippen LogP contribution in [-0.4, -0.2) is 84.8 Å². The van der Waals surface area contributed by atoms with Crippen LogP contribution in [0.1, 0.15) is 59.8 Å². The molecule has 43 heavy (non-hydrogen) atoms. The van der Waals surface area contributed by atoms with Crippen molar-refractivity contribution in [1.82, 2.24) is 19.5 Å². The summed E-state index contributed by atoms with van der Waals surface area (Å²) in [5.74, 6) is 0.281. The Kier molecular flexibility index (Phi) is 8.45. The van der Waals surface area contributed by atoms with Gasteiger partial charge in [-0.1, -0.05) is 13.3 Å². The standard InChI is InChI=1S/C29H38N4O9S/c1-6-17-14-23(17)33(27(35)31-43(37,38)42-19-7-8-19)26(34)24-15-21(16-32(24)28(36)41-29(2,3)4)40-25-22-10-9-20(39-5)13-18(22)11-12-30-25/h9-13,17,19,21,23-24H,6-8,14-16H2,1-5H3,(H,31,35). The number of likely N-dealkylation sites (tertiary alicyclic amines) is 1. The highest BCUT2D eigenvalue weighted by Crippen LogP contribution is 2.40. The van der Waals surface area contributed by atoms with E-state index in [2.05, 4.69) is 4.98 Å². The Morgan fingerprint density at radius 1 is 1.12 bits per heavy atom. The molecule has 4 unspecified atom stereocenters. The van der Waals surface area contributed by atoms with Crippen molar-refractivity contribution in [3.05, 3.63) is 30.5 Å². The molecule has 2 saturated carbocycles. The van der Waals surface area contributed by atoms with Gasteiger partial charge in [0.25, 0.3) is 5.91 Å². The summed E-state index contributed by atoms with van der Waals surface area (Å²) in [6.45, 7) is 7.04. The van der Waals surface area contributed by atoms with Gasteiger partial charge in [0.1, 0.15) is 23.5 Å². The number of nitrogens with zero attached hydrogens (tertiary/aromatic N) is 3. The lowest BCUT2D eigenvalue weighted by Gasteiger charge is -2.30. The van der Waals surface area contributed by atoms with E-state index in [0.29, 0.717) is 42.7 Å². The van der Waals surface area contributed by atoms with Gasteiger partial charge in [0.05, 0.1) is 19.8 Å². The van der Waals surface area contributed by atoms with Gasteiger partial charge in [0.15, 0.2) is 0 Å². The molecule has 1 aliphatic heterocycles. The van der Waals surface area contributed by atoms with Crippen molar-refractivity contribution in [2.75, 3.05) is 13.7 Å². The van der Waals surface area contributed by atoms with E-state index < -0.39 is 58.2 Å². The Bertz CT molecular complexity index is 1510. The Hall–Kier alpha value is -3.65. The van der Waals surface area contributed by atoms with Crippen molar-refractivity contribution < 1.29 is 41.2 Å². The van der Waals surface area contributed by atoms with Crippen LogP contribution < -0.4 is 14.2 Å². The maximum absolute atomic E-state index is 14.1. The first-order chi connectivity index (χ1) is 20.3. The highest BCUT2D eigenvalue weighted by Gasteiger charge is 2.52. The molecule has 1 aromatic heterocycles. The van der Waals surface area contributed by atoms with Gasteiger partial charge in [-0.3, -0.25) is 18.8 Å². The summed E-state index contributed by atoms with van der Waals surface area (Å²) in [6.07, 6.45) is 2.10. The molecule has 3 aliphatic rings. The molecule has 1 aromatic carbocycles. The summed E-state index contributed by atoms with van der Waals surface area (Å²) in [7, 11) is -2.85. The molecule has 4 amide bonds. The van der Waals surface area contributed by atoms with Gasteiger partial charge in [-0.25, -0.2) is 19.3 Å². The number of pyridine rings is 1. The molecule has 2 heterocycles. The molecule has 1 N–H and O–H groups in total. The number of rotatable bonds is 9. The van der Waals surface area contributed by atoms with Crippen molar-refractivity contribution >= 4 is 39.1 Å². The molecule has 4 atom stereocenters. The summed E-state index contributed by atoms with van der Waals surface area (Å²) >= 11 is 0.